The highest BCUT2D eigenvalue weighted by Gasteiger charge is 2.42. The number of hydrogen-bond donors (Lipinski definition) is 0. The van der Waals surface area contributed by atoms with E-state index >= 15 is 0 Å². The summed E-state index contributed by atoms with van der Waals surface area (Å²) in [6, 6.07) is 0. The molecular formula is C12H18O3. The van der Waals surface area contributed by atoms with Gasteiger partial charge in [0.15, 0.2) is 5.78 Å². The fourth-order valence-corrected chi connectivity index (χ4v) is 2.12. The maximum Gasteiger partial charge on any atom is 0.316 e. The molecule has 0 N–H and O–H groups in total. The van der Waals surface area contributed by atoms with Crippen LogP contribution >= 0.6 is 0 Å². The molecule has 0 aromatic rings. The summed E-state index contributed by atoms with van der Waals surface area (Å²) < 4.78 is 5.09. The maximum absolute atomic E-state index is 11.9. The van der Waals surface area contributed by atoms with Crippen LogP contribution in [0.3, 0.4) is 0 Å². The first-order chi connectivity index (χ1) is 7.06. The normalized spacial score (nSPS) is 26.1. The zero-order valence-electron chi connectivity index (χ0n) is 9.63. The van der Waals surface area contributed by atoms with Crippen LogP contribution in [0, 0.1) is 5.41 Å². The number of allylic oxidation sites excluding steroid dienone is 1. The topological polar surface area (TPSA) is 43.4 Å². The molecule has 3 nitrogen and oxygen atoms in total. The van der Waals surface area contributed by atoms with E-state index in [0.717, 1.165) is 5.57 Å². The van der Waals surface area contributed by atoms with E-state index in [1.807, 2.05) is 13.8 Å². The van der Waals surface area contributed by atoms with Gasteiger partial charge in [0.25, 0.3) is 0 Å². The number of hydrogen-bond acceptors (Lipinski definition) is 3. The van der Waals surface area contributed by atoms with Crippen LogP contribution in [0.5, 0.6) is 0 Å². The molecule has 0 bridgehead atoms. The second-order valence-corrected chi connectivity index (χ2v) is 3.95. The molecule has 0 aromatic carbocycles. The maximum atomic E-state index is 11.9. The summed E-state index contributed by atoms with van der Waals surface area (Å²) in [4.78, 5) is 23.1. The van der Waals surface area contributed by atoms with E-state index in [9.17, 15) is 9.59 Å². The lowest BCUT2D eigenvalue weighted by Gasteiger charge is -2.33. The molecule has 0 spiro atoms. The van der Waals surface area contributed by atoms with Crippen LogP contribution in [-0.4, -0.2) is 18.4 Å². The Labute approximate surface area is 90.5 Å². The highest BCUT2D eigenvalue weighted by Crippen LogP contribution is 2.40. The van der Waals surface area contributed by atoms with Gasteiger partial charge in [0.1, 0.15) is 0 Å². The van der Waals surface area contributed by atoms with Crippen molar-refractivity contribution in [3.8, 4) is 0 Å². The summed E-state index contributed by atoms with van der Waals surface area (Å²) >= 11 is 0. The van der Waals surface area contributed by atoms with Crippen molar-refractivity contribution < 1.29 is 14.3 Å². The first kappa shape index (κ1) is 12.0. The number of rotatable bonds is 3. The van der Waals surface area contributed by atoms with Gasteiger partial charge in [-0.05, 0) is 32.8 Å². The fraction of sp³-hybridized carbons (Fsp3) is 0.667. The van der Waals surface area contributed by atoms with Gasteiger partial charge in [-0.25, -0.2) is 0 Å². The third-order valence-electron chi connectivity index (χ3n) is 3.20. The van der Waals surface area contributed by atoms with Gasteiger partial charge in [-0.2, -0.15) is 0 Å². The molecule has 1 rings (SSSR count). The Balaban J connectivity index is 2.99. The van der Waals surface area contributed by atoms with Gasteiger partial charge in [0, 0.05) is 6.42 Å². The summed E-state index contributed by atoms with van der Waals surface area (Å²) in [5.41, 5.74) is 0.295. The average Bonchev–Trinajstić information content (AvgIpc) is 2.19. The molecule has 84 valence electrons. The third-order valence-corrected chi connectivity index (χ3v) is 3.20. The molecule has 3 heteroatoms. The highest BCUT2D eigenvalue weighted by atomic mass is 16.5. The predicted octanol–water partition coefficient (Wildman–Crippen LogP) is 2.26. The summed E-state index contributed by atoms with van der Waals surface area (Å²) in [6.45, 7) is 6.00. The first-order valence-electron chi connectivity index (χ1n) is 5.45. The van der Waals surface area contributed by atoms with E-state index < -0.39 is 5.41 Å². The van der Waals surface area contributed by atoms with E-state index in [2.05, 4.69) is 0 Å². The predicted molar refractivity (Wildman–Crippen MR) is 57.4 cm³/mol. The minimum absolute atomic E-state index is 0.112. The zero-order chi connectivity index (χ0) is 11.5. The van der Waals surface area contributed by atoms with Crippen LogP contribution in [0.2, 0.25) is 0 Å². The molecule has 0 radical (unpaired) electrons. The molecule has 0 saturated heterocycles. The van der Waals surface area contributed by atoms with Crippen molar-refractivity contribution in [2.24, 2.45) is 5.41 Å². The van der Waals surface area contributed by atoms with Crippen LogP contribution in [0.15, 0.2) is 11.6 Å². The Morgan fingerprint density at radius 3 is 2.67 bits per heavy atom. The molecule has 0 aliphatic heterocycles. The highest BCUT2D eigenvalue weighted by molar-refractivity contribution is 5.95. The van der Waals surface area contributed by atoms with Crippen molar-refractivity contribution in [1.82, 2.24) is 0 Å². The van der Waals surface area contributed by atoms with Gasteiger partial charge < -0.3 is 4.74 Å². The van der Waals surface area contributed by atoms with Crippen LogP contribution in [-0.2, 0) is 14.3 Å². The monoisotopic (exact) mass is 210 g/mol. The van der Waals surface area contributed by atoms with Gasteiger partial charge in [-0.15, -0.1) is 0 Å². The Kier molecular flexibility index (Phi) is 3.66. The van der Waals surface area contributed by atoms with Gasteiger partial charge in [-0.3, -0.25) is 9.59 Å². The van der Waals surface area contributed by atoms with Gasteiger partial charge in [0.2, 0.25) is 0 Å². The lowest BCUT2D eigenvalue weighted by Crippen LogP contribution is -2.36. The molecule has 0 unspecified atom stereocenters. The second kappa shape index (κ2) is 4.60. The van der Waals surface area contributed by atoms with Crippen molar-refractivity contribution >= 4 is 11.8 Å². The zero-order valence-corrected chi connectivity index (χ0v) is 9.63. The molecule has 0 heterocycles. The average molecular weight is 210 g/mol. The first-order valence-corrected chi connectivity index (χ1v) is 5.45. The van der Waals surface area contributed by atoms with E-state index in [0.29, 0.717) is 25.9 Å². The summed E-state index contributed by atoms with van der Waals surface area (Å²) in [5.74, 6) is -0.0744. The minimum Gasteiger partial charge on any atom is -0.465 e. The quantitative estimate of drug-likeness (QED) is 0.671. The van der Waals surface area contributed by atoms with Crippen LogP contribution in [0.25, 0.3) is 0 Å². The van der Waals surface area contributed by atoms with Gasteiger partial charge in [-0.1, -0.05) is 12.5 Å². The van der Waals surface area contributed by atoms with E-state index in [1.54, 1.807) is 13.0 Å². The molecule has 1 aliphatic carbocycles. The molecular weight excluding hydrogens is 192 g/mol. The SMILES string of the molecule is CCOC(=O)[C@]1(CC)CCC(=O)C=C1C. The van der Waals surface area contributed by atoms with E-state index in [4.69, 9.17) is 4.74 Å². The molecule has 0 amide bonds. The van der Waals surface area contributed by atoms with Crippen LogP contribution in [0.1, 0.15) is 40.0 Å². The van der Waals surface area contributed by atoms with Crippen molar-refractivity contribution in [3.63, 3.8) is 0 Å². The molecule has 1 aliphatic rings. The van der Waals surface area contributed by atoms with Gasteiger partial charge in [0.05, 0.1) is 12.0 Å². The van der Waals surface area contributed by atoms with Crippen molar-refractivity contribution in [1.29, 1.82) is 0 Å². The Hall–Kier alpha value is -1.12. The molecule has 0 saturated carbocycles. The second-order valence-electron chi connectivity index (χ2n) is 3.95. The summed E-state index contributed by atoms with van der Waals surface area (Å²) in [6.07, 6.45) is 3.32. The summed E-state index contributed by atoms with van der Waals surface area (Å²) in [5, 5.41) is 0. The lowest BCUT2D eigenvalue weighted by molar-refractivity contribution is -0.154. The van der Waals surface area contributed by atoms with E-state index in [-0.39, 0.29) is 11.8 Å². The largest absolute Gasteiger partial charge is 0.465 e. The molecule has 0 fully saturated rings. The van der Waals surface area contributed by atoms with Crippen LogP contribution in [0.4, 0.5) is 0 Å². The number of carbonyl (C=O) groups excluding carboxylic acids is 2. The number of ketones is 1. The fourth-order valence-electron chi connectivity index (χ4n) is 2.12. The Bertz CT molecular complexity index is 304. The summed E-state index contributed by atoms with van der Waals surface area (Å²) in [7, 11) is 0. The number of carbonyl (C=O) groups is 2. The lowest BCUT2D eigenvalue weighted by atomic mass is 9.71. The van der Waals surface area contributed by atoms with Gasteiger partial charge >= 0.3 is 5.97 Å². The molecule has 1 atom stereocenters. The Morgan fingerprint density at radius 2 is 2.20 bits per heavy atom. The van der Waals surface area contributed by atoms with E-state index in [1.165, 1.54) is 0 Å². The molecule has 0 aromatic heterocycles. The van der Waals surface area contributed by atoms with Crippen molar-refractivity contribution in [3.05, 3.63) is 11.6 Å². The van der Waals surface area contributed by atoms with Crippen LogP contribution < -0.4 is 0 Å². The Morgan fingerprint density at radius 1 is 1.53 bits per heavy atom. The number of ether oxygens (including phenoxy) is 1. The number of esters is 1. The third kappa shape index (κ3) is 2.11. The van der Waals surface area contributed by atoms with Crippen molar-refractivity contribution in [2.45, 2.75) is 40.0 Å². The molecule has 15 heavy (non-hydrogen) atoms. The minimum atomic E-state index is -0.552. The van der Waals surface area contributed by atoms with Crippen molar-refractivity contribution in [2.75, 3.05) is 6.61 Å². The smallest absolute Gasteiger partial charge is 0.316 e. The standard InChI is InChI=1S/C12H18O3/c1-4-12(11(14)15-5-2)7-6-10(13)8-9(12)3/h8H,4-7H2,1-3H3/t12-/m1/s1.